The topological polar surface area (TPSA) is 57.7 Å². The second-order valence-corrected chi connectivity index (χ2v) is 8.52. The van der Waals surface area contributed by atoms with Gasteiger partial charge in [0.1, 0.15) is 0 Å². The van der Waals surface area contributed by atoms with Gasteiger partial charge in [0.25, 0.3) is 0 Å². The number of nitrogens with zero attached hydrogens (tertiary/aromatic N) is 2. The van der Waals surface area contributed by atoms with Crippen molar-refractivity contribution in [1.29, 1.82) is 0 Å². The Morgan fingerprint density at radius 2 is 1.87 bits per heavy atom. The number of halogens is 1. The fourth-order valence-electron chi connectivity index (χ4n) is 2.91. The standard InChI is InChI=1S/C16H23BrN2O3S/c1-3-18(4-2)16(20)13-6-5-11-19(12-13)23(21,22)15-9-7-14(17)8-10-15/h7-10,13H,3-6,11-12H2,1-2H3/t13-/m0/s1. The molecule has 1 saturated heterocycles. The number of carbonyl (C=O) groups excluding carboxylic acids is 1. The van der Waals surface area contributed by atoms with E-state index in [-0.39, 0.29) is 23.3 Å². The zero-order valence-electron chi connectivity index (χ0n) is 13.5. The number of amides is 1. The molecule has 0 aromatic heterocycles. The molecule has 1 heterocycles. The van der Waals surface area contributed by atoms with E-state index in [1.807, 2.05) is 13.8 Å². The van der Waals surface area contributed by atoms with Gasteiger partial charge in [0.2, 0.25) is 15.9 Å². The van der Waals surface area contributed by atoms with Crippen molar-refractivity contribution in [3.05, 3.63) is 28.7 Å². The third kappa shape index (κ3) is 4.14. The lowest BCUT2D eigenvalue weighted by Gasteiger charge is -2.33. The zero-order valence-corrected chi connectivity index (χ0v) is 15.9. The highest BCUT2D eigenvalue weighted by Crippen LogP contribution is 2.25. The number of rotatable bonds is 5. The van der Waals surface area contributed by atoms with Crippen LogP contribution in [0.2, 0.25) is 0 Å². The lowest BCUT2D eigenvalue weighted by molar-refractivity contribution is -0.136. The van der Waals surface area contributed by atoms with Crippen LogP contribution in [-0.4, -0.2) is 49.7 Å². The summed E-state index contributed by atoms with van der Waals surface area (Å²) >= 11 is 3.31. The van der Waals surface area contributed by atoms with Crippen molar-refractivity contribution in [2.24, 2.45) is 5.92 Å². The number of benzene rings is 1. The normalized spacial score (nSPS) is 19.5. The fourth-order valence-corrected chi connectivity index (χ4v) is 4.70. The minimum atomic E-state index is -3.54. The maximum Gasteiger partial charge on any atom is 0.243 e. The van der Waals surface area contributed by atoms with Gasteiger partial charge in [-0.05, 0) is 51.0 Å². The van der Waals surface area contributed by atoms with E-state index in [4.69, 9.17) is 0 Å². The average molecular weight is 403 g/mol. The first-order valence-electron chi connectivity index (χ1n) is 7.94. The van der Waals surface area contributed by atoms with Crippen LogP contribution in [0.15, 0.2) is 33.6 Å². The molecule has 5 nitrogen and oxygen atoms in total. The van der Waals surface area contributed by atoms with Crippen LogP contribution >= 0.6 is 15.9 Å². The zero-order chi connectivity index (χ0) is 17.0. The molecule has 1 aliphatic heterocycles. The van der Waals surface area contributed by atoms with Crippen molar-refractivity contribution >= 4 is 31.9 Å². The van der Waals surface area contributed by atoms with Crippen LogP contribution < -0.4 is 0 Å². The van der Waals surface area contributed by atoms with Crippen LogP contribution in [-0.2, 0) is 14.8 Å². The summed E-state index contributed by atoms with van der Waals surface area (Å²) < 4.78 is 27.8. The van der Waals surface area contributed by atoms with E-state index >= 15 is 0 Å². The first-order chi connectivity index (χ1) is 10.9. The highest BCUT2D eigenvalue weighted by molar-refractivity contribution is 9.10. The highest BCUT2D eigenvalue weighted by Gasteiger charge is 2.34. The molecule has 1 atom stereocenters. The Balaban J connectivity index is 2.17. The summed E-state index contributed by atoms with van der Waals surface area (Å²) in [7, 11) is -3.54. The number of hydrogen-bond acceptors (Lipinski definition) is 3. The van der Waals surface area contributed by atoms with Gasteiger partial charge in [-0.25, -0.2) is 8.42 Å². The van der Waals surface area contributed by atoms with Crippen molar-refractivity contribution in [3.63, 3.8) is 0 Å². The summed E-state index contributed by atoms with van der Waals surface area (Å²) in [4.78, 5) is 14.6. The third-order valence-corrected chi connectivity index (χ3v) is 6.67. The largest absolute Gasteiger partial charge is 0.343 e. The summed E-state index contributed by atoms with van der Waals surface area (Å²) in [6, 6.07) is 6.62. The van der Waals surface area contributed by atoms with Gasteiger partial charge in [0, 0.05) is 30.7 Å². The Morgan fingerprint density at radius 1 is 1.26 bits per heavy atom. The number of piperidine rings is 1. The lowest BCUT2D eigenvalue weighted by Crippen LogP contribution is -2.46. The van der Waals surface area contributed by atoms with Crippen LogP contribution in [0.5, 0.6) is 0 Å². The molecule has 2 rings (SSSR count). The molecule has 23 heavy (non-hydrogen) atoms. The molecule has 7 heteroatoms. The molecule has 1 aromatic carbocycles. The summed E-state index contributed by atoms with van der Waals surface area (Å²) in [5.41, 5.74) is 0. The van der Waals surface area contributed by atoms with Gasteiger partial charge in [0.15, 0.2) is 0 Å². The van der Waals surface area contributed by atoms with Crippen LogP contribution in [0, 0.1) is 5.92 Å². The number of hydrogen-bond donors (Lipinski definition) is 0. The van der Waals surface area contributed by atoms with Gasteiger partial charge in [-0.1, -0.05) is 15.9 Å². The highest BCUT2D eigenvalue weighted by atomic mass is 79.9. The first-order valence-corrected chi connectivity index (χ1v) is 10.2. The monoisotopic (exact) mass is 402 g/mol. The van der Waals surface area contributed by atoms with Crippen LogP contribution in [0.3, 0.4) is 0 Å². The van der Waals surface area contributed by atoms with Gasteiger partial charge >= 0.3 is 0 Å². The number of sulfonamides is 1. The second kappa shape index (κ2) is 7.77. The maximum absolute atomic E-state index is 12.8. The lowest BCUT2D eigenvalue weighted by atomic mass is 9.98. The van der Waals surface area contributed by atoms with Gasteiger partial charge in [-0.3, -0.25) is 4.79 Å². The molecule has 128 valence electrons. The van der Waals surface area contributed by atoms with E-state index < -0.39 is 10.0 Å². The Morgan fingerprint density at radius 3 is 2.43 bits per heavy atom. The Hall–Kier alpha value is -0.920. The molecule has 0 bridgehead atoms. The van der Waals surface area contributed by atoms with E-state index in [2.05, 4.69) is 15.9 Å². The third-order valence-electron chi connectivity index (χ3n) is 4.26. The molecule has 0 spiro atoms. The molecular formula is C16H23BrN2O3S. The fraction of sp³-hybridized carbons (Fsp3) is 0.562. The van der Waals surface area contributed by atoms with Crippen LogP contribution in [0.4, 0.5) is 0 Å². The van der Waals surface area contributed by atoms with Gasteiger partial charge in [-0.2, -0.15) is 4.31 Å². The molecule has 0 unspecified atom stereocenters. The summed E-state index contributed by atoms with van der Waals surface area (Å²) in [5, 5.41) is 0. The number of carbonyl (C=O) groups is 1. The molecule has 1 aliphatic rings. The van der Waals surface area contributed by atoms with Crippen LogP contribution in [0.1, 0.15) is 26.7 Å². The molecule has 1 aromatic rings. The van der Waals surface area contributed by atoms with Crippen molar-refractivity contribution < 1.29 is 13.2 Å². The quantitative estimate of drug-likeness (QED) is 0.760. The SMILES string of the molecule is CCN(CC)C(=O)[C@H]1CCCN(S(=O)(=O)c2ccc(Br)cc2)C1. The molecule has 1 fully saturated rings. The summed E-state index contributed by atoms with van der Waals surface area (Å²) in [6.07, 6.45) is 1.47. The Bertz CT molecular complexity index is 642. The average Bonchev–Trinajstić information content (AvgIpc) is 2.56. The van der Waals surface area contributed by atoms with Crippen molar-refractivity contribution in [1.82, 2.24) is 9.21 Å². The van der Waals surface area contributed by atoms with E-state index in [0.717, 1.165) is 10.9 Å². The van der Waals surface area contributed by atoms with Crippen molar-refractivity contribution in [2.75, 3.05) is 26.2 Å². The molecular weight excluding hydrogens is 380 g/mol. The molecule has 0 radical (unpaired) electrons. The van der Waals surface area contributed by atoms with Gasteiger partial charge in [-0.15, -0.1) is 0 Å². The smallest absolute Gasteiger partial charge is 0.243 e. The Labute approximate surface area is 146 Å². The molecule has 0 N–H and O–H groups in total. The minimum absolute atomic E-state index is 0.0608. The van der Waals surface area contributed by atoms with Gasteiger partial charge < -0.3 is 4.90 Å². The van der Waals surface area contributed by atoms with Crippen LogP contribution in [0.25, 0.3) is 0 Å². The summed E-state index contributed by atoms with van der Waals surface area (Å²) in [5.74, 6) is -0.181. The van der Waals surface area contributed by atoms with E-state index in [0.29, 0.717) is 26.1 Å². The van der Waals surface area contributed by atoms with Crippen molar-refractivity contribution in [2.45, 2.75) is 31.6 Å². The predicted octanol–water partition coefficient (Wildman–Crippen LogP) is 2.72. The molecule has 0 aliphatic carbocycles. The predicted molar refractivity (Wildman–Crippen MR) is 93.6 cm³/mol. The molecule has 1 amide bonds. The van der Waals surface area contributed by atoms with Gasteiger partial charge in [0.05, 0.1) is 10.8 Å². The van der Waals surface area contributed by atoms with E-state index in [1.165, 1.54) is 4.31 Å². The first kappa shape index (κ1) is 18.4. The Kier molecular flexibility index (Phi) is 6.22. The molecule has 0 saturated carbocycles. The van der Waals surface area contributed by atoms with E-state index in [1.54, 1.807) is 29.2 Å². The maximum atomic E-state index is 12.8. The van der Waals surface area contributed by atoms with E-state index in [9.17, 15) is 13.2 Å². The summed E-state index contributed by atoms with van der Waals surface area (Å²) in [6.45, 7) is 5.95. The second-order valence-electron chi connectivity index (χ2n) is 5.67. The minimum Gasteiger partial charge on any atom is -0.343 e. The van der Waals surface area contributed by atoms with Crippen molar-refractivity contribution in [3.8, 4) is 0 Å².